The van der Waals surface area contributed by atoms with E-state index in [1.54, 1.807) is 4.68 Å². The molecule has 0 aliphatic heterocycles. The van der Waals surface area contributed by atoms with Crippen molar-refractivity contribution in [2.45, 2.75) is 12.5 Å². The van der Waals surface area contributed by atoms with E-state index in [1.807, 2.05) is 25.2 Å². The number of para-hydroxylation sites is 1. The first kappa shape index (κ1) is 12.4. The Hall–Kier alpha value is -1.07. The number of alkyl halides is 1. The molecule has 0 unspecified atom stereocenters. The minimum Gasteiger partial charge on any atom is -0.484 e. The molecule has 0 aliphatic carbocycles. The second kappa shape index (κ2) is 5.51. The van der Waals surface area contributed by atoms with E-state index in [1.165, 1.54) is 6.33 Å². The average molecular weight is 317 g/mol. The third-order valence-electron chi connectivity index (χ3n) is 2.34. The van der Waals surface area contributed by atoms with Crippen LogP contribution in [0.2, 0.25) is 0 Å². The Kier molecular flexibility index (Phi) is 4.02. The summed E-state index contributed by atoms with van der Waals surface area (Å²) in [6, 6.07) is 5.78. The third kappa shape index (κ3) is 2.79. The normalized spacial score (nSPS) is 10.5. The minimum absolute atomic E-state index is 0.364. The van der Waals surface area contributed by atoms with Crippen LogP contribution >= 0.6 is 27.5 Å². The second-order valence-electron chi connectivity index (χ2n) is 3.45. The highest BCUT2D eigenvalue weighted by atomic mass is 79.9. The zero-order chi connectivity index (χ0) is 12.3. The predicted octanol–water partition coefficient (Wildman–Crippen LogP) is 2.90. The molecule has 0 bridgehead atoms. The summed E-state index contributed by atoms with van der Waals surface area (Å²) in [6.07, 6.45) is 1.50. The molecule has 4 nitrogen and oxygen atoms in total. The molecule has 0 saturated carbocycles. The van der Waals surface area contributed by atoms with Crippen LogP contribution in [-0.4, -0.2) is 14.8 Å². The van der Waals surface area contributed by atoms with Gasteiger partial charge in [-0.3, -0.25) is 4.68 Å². The maximum absolute atomic E-state index is 5.86. The van der Waals surface area contributed by atoms with Crippen molar-refractivity contribution >= 4 is 27.5 Å². The first-order chi connectivity index (χ1) is 8.22. The van der Waals surface area contributed by atoms with Crippen molar-refractivity contribution in [1.29, 1.82) is 0 Å². The number of hydrogen-bond acceptors (Lipinski definition) is 3. The van der Waals surface area contributed by atoms with Gasteiger partial charge in [-0.1, -0.05) is 12.1 Å². The number of aryl methyl sites for hydroxylation is 1. The highest BCUT2D eigenvalue weighted by Crippen LogP contribution is 2.30. The molecule has 1 aromatic heterocycles. The number of aromatic nitrogens is 3. The van der Waals surface area contributed by atoms with Crippen molar-refractivity contribution in [1.82, 2.24) is 14.8 Å². The lowest BCUT2D eigenvalue weighted by molar-refractivity contribution is 0.286. The maximum atomic E-state index is 5.86. The summed E-state index contributed by atoms with van der Waals surface area (Å²) in [6.45, 7) is 0.364. The van der Waals surface area contributed by atoms with Crippen molar-refractivity contribution in [3.8, 4) is 5.75 Å². The summed E-state index contributed by atoms with van der Waals surface area (Å²) in [5.41, 5.74) is 0.947. The van der Waals surface area contributed by atoms with Crippen LogP contribution in [0.4, 0.5) is 0 Å². The van der Waals surface area contributed by atoms with Gasteiger partial charge in [-0.05, 0) is 22.0 Å². The Morgan fingerprint density at radius 3 is 2.94 bits per heavy atom. The minimum atomic E-state index is 0.364. The van der Waals surface area contributed by atoms with Crippen LogP contribution in [0.5, 0.6) is 5.75 Å². The lowest BCUT2D eigenvalue weighted by Crippen LogP contribution is -2.05. The Balaban J connectivity index is 2.16. The number of hydrogen-bond donors (Lipinski definition) is 0. The van der Waals surface area contributed by atoms with E-state index in [4.69, 9.17) is 16.3 Å². The standard InChI is InChI=1S/C11H11BrClN3O/c1-16-10(14-7-15-16)6-17-11-8(5-13)3-2-4-9(11)12/h2-4,7H,5-6H2,1H3. The molecular weight excluding hydrogens is 305 g/mol. The Morgan fingerprint density at radius 1 is 1.47 bits per heavy atom. The maximum Gasteiger partial charge on any atom is 0.164 e. The number of ether oxygens (including phenoxy) is 1. The van der Waals surface area contributed by atoms with Crippen molar-refractivity contribution in [2.75, 3.05) is 0 Å². The van der Waals surface area contributed by atoms with Gasteiger partial charge in [-0.15, -0.1) is 11.6 Å². The number of halogens is 2. The van der Waals surface area contributed by atoms with Gasteiger partial charge in [-0.2, -0.15) is 5.10 Å². The van der Waals surface area contributed by atoms with Crippen molar-refractivity contribution < 1.29 is 4.74 Å². The summed E-state index contributed by atoms with van der Waals surface area (Å²) in [5.74, 6) is 1.93. The summed E-state index contributed by atoms with van der Waals surface area (Å²) in [4.78, 5) is 4.09. The van der Waals surface area contributed by atoms with Crippen LogP contribution in [0.15, 0.2) is 29.0 Å². The molecule has 2 aromatic rings. The molecule has 6 heteroatoms. The van der Waals surface area contributed by atoms with Gasteiger partial charge >= 0.3 is 0 Å². The predicted molar refractivity (Wildman–Crippen MR) is 69.0 cm³/mol. The summed E-state index contributed by atoms with van der Waals surface area (Å²) < 4.78 is 8.29. The van der Waals surface area contributed by atoms with E-state index >= 15 is 0 Å². The van der Waals surface area contributed by atoms with E-state index in [2.05, 4.69) is 26.0 Å². The Bertz CT molecular complexity index is 515. The quantitative estimate of drug-likeness (QED) is 0.814. The van der Waals surface area contributed by atoms with Gasteiger partial charge in [0.15, 0.2) is 5.82 Å². The number of benzene rings is 1. The fourth-order valence-electron chi connectivity index (χ4n) is 1.41. The van der Waals surface area contributed by atoms with Crippen LogP contribution in [0.1, 0.15) is 11.4 Å². The van der Waals surface area contributed by atoms with E-state index in [0.29, 0.717) is 12.5 Å². The van der Waals surface area contributed by atoms with E-state index in [0.717, 1.165) is 21.6 Å². The largest absolute Gasteiger partial charge is 0.484 e. The van der Waals surface area contributed by atoms with Gasteiger partial charge in [0.2, 0.25) is 0 Å². The Labute approximate surface area is 113 Å². The summed E-state index contributed by atoms with van der Waals surface area (Å²) >= 11 is 9.31. The van der Waals surface area contributed by atoms with E-state index in [9.17, 15) is 0 Å². The van der Waals surface area contributed by atoms with Crippen molar-refractivity contribution in [2.24, 2.45) is 7.05 Å². The molecule has 0 radical (unpaired) electrons. The second-order valence-corrected chi connectivity index (χ2v) is 4.57. The molecule has 0 spiro atoms. The molecule has 0 atom stereocenters. The zero-order valence-corrected chi connectivity index (χ0v) is 11.6. The fraction of sp³-hybridized carbons (Fsp3) is 0.273. The van der Waals surface area contributed by atoms with Crippen molar-refractivity contribution in [3.05, 3.63) is 40.4 Å². The fourth-order valence-corrected chi connectivity index (χ4v) is 2.14. The first-order valence-electron chi connectivity index (χ1n) is 5.01. The van der Waals surface area contributed by atoms with Gasteiger partial charge < -0.3 is 4.74 Å². The van der Waals surface area contributed by atoms with Crippen molar-refractivity contribution in [3.63, 3.8) is 0 Å². The zero-order valence-electron chi connectivity index (χ0n) is 9.23. The molecule has 0 saturated heterocycles. The van der Waals surface area contributed by atoms with Gasteiger partial charge in [-0.25, -0.2) is 4.98 Å². The Morgan fingerprint density at radius 2 is 2.29 bits per heavy atom. The van der Waals surface area contributed by atoms with Gasteiger partial charge in [0.05, 0.1) is 10.4 Å². The third-order valence-corrected chi connectivity index (χ3v) is 3.26. The lowest BCUT2D eigenvalue weighted by atomic mass is 10.2. The van der Waals surface area contributed by atoms with Crippen LogP contribution in [0.3, 0.4) is 0 Å². The lowest BCUT2D eigenvalue weighted by Gasteiger charge is -2.11. The van der Waals surface area contributed by atoms with E-state index in [-0.39, 0.29) is 0 Å². The molecule has 17 heavy (non-hydrogen) atoms. The highest BCUT2D eigenvalue weighted by Gasteiger charge is 2.09. The topological polar surface area (TPSA) is 39.9 Å². The summed E-state index contributed by atoms with van der Waals surface area (Å²) in [7, 11) is 1.83. The number of rotatable bonds is 4. The van der Waals surface area contributed by atoms with Gasteiger partial charge in [0, 0.05) is 12.6 Å². The average Bonchev–Trinajstić information content (AvgIpc) is 2.73. The molecular formula is C11H11BrClN3O. The molecule has 0 amide bonds. The molecule has 1 aromatic carbocycles. The van der Waals surface area contributed by atoms with Gasteiger partial charge in [0.25, 0.3) is 0 Å². The molecule has 0 N–H and O–H groups in total. The first-order valence-corrected chi connectivity index (χ1v) is 6.34. The molecule has 2 rings (SSSR count). The molecule has 0 fully saturated rings. The molecule has 0 aliphatic rings. The van der Waals surface area contributed by atoms with Gasteiger partial charge in [0.1, 0.15) is 18.7 Å². The molecule has 90 valence electrons. The van der Waals surface area contributed by atoms with Crippen LogP contribution in [-0.2, 0) is 19.5 Å². The van der Waals surface area contributed by atoms with Crippen LogP contribution in [0, 0.1) is 0 Å². The smallest absolute Gasteiger partial charge is 0.164 e. The highest BCUT2D eigenvalue weighted by molar-refractivity contribution is 9.10. The summed E-state index contributed by atoms with van der Waals surface area (Å²) in [5, 5.41) is 3.98. The van der Waals surface area contributed by atoms with Crippen LogP contribution < -0.4 is 4.74 Å². The SMILES string of the molecule is Cn1ncnc1COc1c(Br)cccc1CCl. The molecule has 1 heterocycles. The van der Waals surface area contributed by atoms with Crippen LogP contribution in [0.25, 0.3) is 0 Å². The van der Waals surface area contributed by atoms with E-state index < -0.39 is 0 Å². The monoisotopic (exact) mass is 315 g/mol. The number of nitrogens with zero attached hydrogens (tertiary/aromatic N) is 3.